The zero-order valence-corrected chi connectivity index (χ0v) is 11.1. The molecule has 0 saturated heterocycles. The second-order valence-electron chi connectivity index (χ2n) is 1.75. The molecule has 0 aromatic carbocycles. The summed E-state index contributed by atoms with van der Waals surface area (Å²) in [6.07, 6.45) is -4.67. The van der Waals surface area contributed by atoms with Crippen LogP contribution in [0.25, 0.3) is 0 Å². The van der Waals surface area contributed by atoms with Crippen LogP contribution in [0.1, 0.15) is 6.92 Å². The fourth-order valence-electron chi connectivity index (χ4n) is 0.348. The molecule has 9 heteroatoms. The van der Waals surface area contributed by atoms with Crippen LogP contribution in [0.5, 0.6) is 0 Å². The average Bonchev–Trinajstić information content (AvgIpc) is 1.83. The maximum Gasteiger partial charge on any atom is 1.00 e. The smallest absolute Gasteiger partial charge is 0.756 e. The molecule has 0 N–H and O–H groups in total. The van der Waals surface area contributed by atoms with E-state index in [1.165, 1.54) is 6.92 Å². The number of phosphoric acid groups is 1. The Hall–Kier alpha value is 1.54. The van der Waals surface area contributed by atoms with Gasteiger partial charge in [-0.1, -0.05) is 0 Å². The summed E-state index contributed by atoms with van der Waals surface area (Å²) < 4.78 is 51.9. The third-order valence-electron chi connectivity index (χ3n) is 0.674. The van der Waals surface area contributed by atoms with Crippen LogP contribution in [0.15, 0.2) is 0 Å². The molecular formula is C4H7F3KO4P. The molecule has 0 aliphatic rings. The molecule has 0 bridgehead atoms. The fourth-order valence-corrected chi connectivity index (χ4v) is 1.04. The van der Waals surface area contributed by atoms with Crippen molar-refractivity contribution in [3.63, 3.8) is 0 Å². The van der Waals surface area contributed by atoms with Crippen molar-refractivity contribution in [2.24, 2.45) is 0 Å². The van der Waals surface area contributed by atoms with E-state index >= 15 is 0 Å². The molecule has 0 aromatic rings. The summed E-state index contributed by atoms with van der Waals surface area (Å²) in [5.41, 5.74) is 0. The normalized spacial score (nSPS) is 16.1. The first-order chi connectivity index (χ1) is 5.27. The Bertz CT molecular complexity index is 185. The molecule has 13 heavy (non-hydrogen) atoms. The number of phosphoric ester groups is 1. The molecular weight excluding hydrogens is 239 g/mol. The number of rotatable bonds is 4. The number of hydrogen-bond donors (Lipinski definition) is 0. The van der Waals surface area contributed by atoms with E-state index in [1.807, 2.05) is 0 Å². The summed E-state index contributed by atoms with van der Waals surface area (Å²) in [7, 11) is -4.76. The zero-order valence-electron chi connectivity index (χ0n) is 7.13. The fraction of sp³-hybridized carbons (Fsp3) is 1.00. The molecule has 0 aromatic heterocycles. The second kappa shape index (κ2) is 6.92. The van der Waals surface area contributed by atoms with Gasteiger partial charge in [-0.05, 0) is 6.92 Å². The number of halogens is 3. The van der Waals surface area contributed by atoms with Gasteiger partial charge in [-0.15, -0.1) is 0 Å². The van der Waals surface area contributed by atoms with Crippen LogP contribution < -0.4 is 56.3 Å². The molecule has 1 unspecified atom stereocenters. The van der Waals surface area contributed by atoms with E-state index in [1.54, 1.807) is 0 Å². The van der Waals surface area contributed by atoms with Crippen LogP contribution in [0.3, 0.4) is 0 Å². The minimum Gasteiger partial charge on any atom is -0.756 e. The van der Waals surface area contributed by atoms with Gasteiger partial charge < -0.3 is 13.9 Å². The van der Waals surface area contributed by atoms with Crippen LogP contribution in [0.2, 0.25) is 0 Å². The topological polar surface area (TPSA) is 58.6 Å². The van der Waals surface area contributed by atoms with Gasteiger partial charge in [-0.3, -0.25) is 4.57 Å². The van der Waals surface area contributed by atoms with Crippen LogP contribution in [0.4, 0.5) is 13.2 Å². The Morgan fingerprint density at radius 1 is 1.38 bits per heavy atom. The SMILES string of the molecule is CCOP(=O)([O-])OCC(F)(F)F.[K+]. The van der Waals surface area contributed by atoms with E-state index in [4.69, 9.17) is 0 Å². The predicted molar refractivity (Wildman–Crippen MR) is 31.2 cm³/mol. The minimum absolute atomic E-state index is 0. The Balaban J connectivity index is 0. The van der Waals surface area contributed by atoms with Crippen LogP contribution >= 0.6 is 7.82 Å². The first kappa shape index (κ1) is 16.9. The molecule has 4 nitrogen and oxygen atoms in total. The quantitative estimate of drug-likeness (QED) is 0.428. The van der Waals surface area contributed by atoms with Crippen molar-refractivity contribution in [2.75, 3.05) is 13.2 Å². The van der Waals surface area contributed by atoms with Gasteiger partial charge in [0.2, 0.25) is 0 Å². The molecule has 0 heterocycles. The monoisotopic (exact) mass is 246 g/mol. The standard InChI is InChI=1S/C4H8F3O4P.K/c1-2-10-12(8,9)11-3-4(5,6)7;/h2-3H2,1H3,(H,8,9);/q;+1/p-1. The van der Waals surface area contributed by atoms with Gasteiger partial charge in [0.15, 0.2) is 6.61 Å². The summed E-state index contributed by atoms with van der Waals surface area (Å²) >= 11 is 0. The van der Waals surface area contributed by atoms with Gasteiger partial charge >= 0.3 is 57.6 Å². The molecule has 0 aliphatic heterocycles. The summed E-state index contributed by atoms with van der Waals surface area (Å²) in [4.78, 5) is 10.4. The summed E-state index contributed by atoms with van der Waals surface area (Å²) in [6.45, 7) is -0.784. The predicted octanol–water partition coefficient (Wildman–Crippen LogP) is -1.93. The van der Waals surface area contributed by atoms with Crippen molar-refractivity contribution in [1.29, 1.82) is 0 Å². The largest absolute Gasteiger partial charge is 1.00 e. The summed E-state index contributed by atoms with van der Waals surface area (Å²) in [5, 5.41) is 0. The van der Waals surface area contributed by atoms with Crippen molar-refractivity contribution in [1.82, 2.24) is 0 Å². The molecule has 0 spiro atoms. The van der Waals surface area contributed by atoms with E-state index in [-0.39, 0.29) is 58.0 Å². The Labute approximate surface area is 116 Å². The zero-order chi connectivity index (χ0) is 9.83. The second-order valence-corrected chi connectivity index (χ2v) is 3.16. The average molecular weight is 246 g/mol. The van der Waals surface area contributed by atoms with Gasteiger partial charge in [0.25, 0.3) is 7.82 Å². The molecule has 0 radical (unpaired) electrons. The van der Waals surface area contributed by atoms with E-state index in [0.29, 0.717) is 0 Å². The maximum absolute atomic E-state index is 11.4. The summed E-state index contributed by atoms with van der Waals surface area (Å²) in [5.74, 6) is 0. The molecule has 74 valence electrons. The van der Waals surface area contributed by atoms with Gasteiger partial charge in [-0.25, -0.2) is 0 Å². The molecule has 1 atom stereocenters. The number of hydrogen-bond acceptors (Lipinski definition) is 4. The third-order valence-corrected chi connectivity index (χ3v) is 1.69. The molecule has 0 saturated carbocycles. The Morgan fingerprint density at radius 3 is 2.15 bits per heavy atom. The molecule has 0 fully saturated rings. The van der Waals surface area contributed by atoms with Crippen molar-refractivity contribution in [2.45, 2.75) is 13.1 Å². The first-order valence-corrected chi connectivity index (χ1v) is 4.40. The summed E-state index contributed by atoms with van der Waals surface area (Å²) in [6, 6.07) is 0. The van der Waals surface area contributed by atoms with E-state index in [2.05, 4.69) is 9.05 Å². The van der Waals surface area contributed by atoms with E-state index in [9.17, 15) is 22.6 Å². The molecule has 0 amide bonds. The van der Waals surface area contributed by atoms with Crippen molar-refractivity contribution in [3.05, 3.63) is 0 Å². The van der Waals surface area contributed by atoms with Crippen molar-refractivity contribution < 1.29 is 83.1 Å². The van der Waals surface area contributed by atoms with E-state index < -0.39 is 20.6 Å². The first-order valence-electron chi connectivity index (χ1n) is 2.94. The van der Waals surface area contributed by atoms with E-state index in [0.717, 1.165) is 0 Å². The van der Waals surface area contributed by atoms with Crippen LogP contribution in [-0.2, 0) is 13.6 Å². The Kier molecular flexibility index (Phi) is 9.02. The van der Waals surface area contributed by atoms with Gasteiger partial charge in [0, 0.05) is 0 Å². The maximum atomic E-state index is 11.4. The number of alkyl halides is 3. The van der Waals surface area contributed by atoms with Gasteiger partial charge in [-0.2, -0.15) is 13.2 Å². The Morgan fingerprint density at radius 2 is 1.85 bits per heavy atom. The minimum atomic E-state index is -4.76. The van der Waals surface area contributed by atoms with Crippen LogP contribution in [-0.4, -0.2) is 19.4 Å². The molecule has 0 rings (SSSR count). The van der Waals surface area contributed by atoms with Gasteiger partial charge in [0.05, 0.1) is 6.61 Å². The van der Waals surface area contributed by atoms with Crippen molar-refractivity contribution in [3.8, 4) is 0 Å². The molecule has 0 aliphatic carbocycles. The van der Waals surface area contributed by atoms with Crippen LogP contribution in [0, 0.1) is 0 Å². The van der Waals surface area contributed by atoms with Gasteiger partial charge in [0.1, 0.15) is 0 Å². The van der Waals surface area contributed by atoms with Crippen molar-refractivity contribution >= 4 is 7.82 Å². The third kappa shape index (κ3) is 11.5.